The molecule has 8 heteroatoms. The van der Waals surface area contributed by atoms with Gasteiger partial charge in [0.2, 0.25) is 5.91 Å². The molecule has 202 valence electrons. The number of furan rings is 1. The minimum absolute atomic E-state index is 0.0735. The Morgan fingerprint density at radius 2 is 1.84 bits per heavy atom. The number of ether oxygens (including phenoxy) is 1. The fourth-order valence-electron chi connectivity index (χ4n) is 4.37. The molecule has 7 nitrogen and oxygen atoms in total. The van der Waals surface area contributed by atoms with E-state index < -0.39 is 11.9 Å². The summed E-state index contributed by atoms with van der Waals surface area (Å²) in [5.41, 5.74) is 3.68. The van der Waals surface area contributed by atoms with Crippen LogP contribution in [0.5, 0.6) is 0 Å². The van der Waals surface area contributed by atoms with Gasteiger partial charge in [-0.1, -0.05) is 63.4 Å². The van der Waals surface area contributed by atoms with Crippen LogP contribution in [0.15, 0.2) is 53.1 Å². The largest absolute Gasteiger partial charge is 0.468 e. The number of thioether (sulfide) groups is 1. The van der Waals surface area contributed by atoms with Crippen molar-refractivity contribution in [3.63, 3.8) is 0 Å². The highest BCUT2D eigenvalue weighted by Crippen LogP contribution is 2.21. The molecule has 1 atom stereocenters. The van der Waals surface area contributed by atoms with E-state index in [4.69, 9.17) is 9.15 Å². The Morgan fingerprint density at radius 1 is 1.08 bits per heavy atom. The van der Waals surface area contributed by atoms with Crippen LogP contribution in [0.25, 0.3) is 0 Å². The van der Waals surface area contributed by atoms with Crippen LogP contribution < -0.4 is 5.43 Å². The van der Waals surface area contributed by atoms with Crippen molar-refractivity contribution < 1.29 is 23.5 Å². The number of hydrogen-bond donors (Lipinski definition) is 1. The summed E-state index contributed by atoms with van der Waals surface area (Å²) in [6.07, 6.45) is 8.23. The molecule has 1 fully saturated rings. The van der Waals surface area contributed by atoms with E-state index in [1.54, 1.807) is 6.26 Å². The number of carbonyl (C=O) groups is 3. The summed E-state index contributed by atoms with van der Waals surface area (Å²) in [5.74, 6) is 1.08. The molecule has 0 saturated heterocycles. The number of benzene rings is 1. The first kappa shape index (κ1) is 29.0. The molecule has 1 N–H and O–H groups in total. The number of nitrogens with zero attached hydrogens (tertiary/aromatic N) is 1. The summed E-state index contributed by atoms with van der Waals surface area (Å²) in [5, 5.41) is 1.28. The van der Waals surface area contributed by atoms with Crippen molar-refractivity contribution in [1.82, 2.24) is 10.4 Å². The molecule has 0 unspecified atom stereocenters. The van der Waals surface area contributed by atoms with Gasteiger partial charge in [-0.15, -0.1) is 11.8 Å². The van der Waals surface area contributed by atoms with Crippen molar-refractivity contribution in [2.24, 2.45) is 5.92 Å². The van der Waals surface area contributed by atoms with Gasteiger partial charge in [0.25, 0.3) is 5.91 Å². The lowest BCUT2D eigenvalue weighted by molar-refractivity contribution is -0.150. The van der Waals surface area contributed by atoms with E-state index in [1.807, 2.05) is 56.3 Å². The average Bonchev–Trinajstić information content (AvgIpc) is 3.43. The van der Waals surface area contributed by atoms with Gasteiger partial charge in [0.05, 0.1) is 23.9 Å². The minimum Gasteiger partial charge on any atom is -0.468 e. The summed E-state index contributed by atoms with van der Waals surface area (Å²) in [7, 11) is 0. The zero-order chi connectivity index (χ0) is 26.5. The predicted octanol–water partition coefficient (Wildman–Crippen LogP) is 5.34. The van der Waals surface area contributed by atoms with Crippen molar-refractivity contribution in [2.45, 2.75) is 83.1 Å². The average molecular weight is 529 g/mol. The Bertz CT molecular complexity index is 958. The maximum atomic E-state index is 13.5. The zero-order valence-electron chi connectivity index (χ0n) is 22.0. The normalized spacial score (nSPS) is 14.9. The van der Waals surface area contributed by atoms with Crippen molar-refractivity contribution in [1.29, 1.82) is 0 Å². The lowest BCUT2D eigenvalue weighted by Gasteiger charge is -2.32. The predicted molar refractivity (Wildman–Crippen MR) is 146 cm³/mol. The molecule has 3 rings (SSSR count). The molecule has 1 aliphatic rings. The van der Waals surface area contributed by atoms with E-state index in [2.05, 4.69) is 5.43 Å². The third kappa shape index (κ3) is 10.4. The van der Waals surface area contributed by atoms with Gasteiger partial charge in [0.15, 0.2) is 5.78 Å². The fourth-order valence-corrected chi connectivity index (χ4v) is 5.23. The molecule has 2 aromatic rings. The summed E-state index contributed by atoms with van der Waals surface area (Å²) >= 11 is 1.43. The van der Waals surface area contributed by atoms with Gasteiger partial charge in [0, 0.05) is 12.8 Å². The van der Waals surface area contributed by atoms with Gasteiger partial charge in [-0.3, -0.25) is 19.8 Å². The molecule has 1 aliphatic carbocycles. The molecule has 1 saturated carbocycles. The number of ketones is 1. The van der Waals surface area contributed by atoms with Crippen LogP contribution in [0.4, 0.5) is 0 Å². The SMILES string of the molecule is CC(C)CCC(=O)N(NC(=O)COC1CCCCC1)[C@@H](Cc1ccccc1)C(=O)CSCc1ccco1. The first-order valence-corrected chi connectivity index (χ1v) is 14.5. The molecule has 1 aromatic heterocycles. The molecular formula is C29H40N2O5S. The van der Waals surface area contributed by atoms with E-state index in [9.17, 15) is 14.4 Å². The van der Waals surface area contributed by atoms with E-state index in [0.29, 0.717) is 24.5 Å². The third-order valence-electron chi connectivity index (χ3n) is 6.48. The van der Waals surface area contributed by atoms with Gasteiger partial charge in [-0.2, -0.15) is 0 Å². The summed E-state index contributed by atoms with van der Waals surface area (Å²) < 4.78 is 11.2. The molecule has 0 bridgehead atoms. The topological polar surface area (TPSA) is 88.9 Å². The van der Waals surface area contributed by atoms with Gasteiger partial charge in [0.1, 0.15) is 18.4 Å². The van der Waals surface area contributed by atoms with Gasteiger partial charge >= 0.3 is 0 Å². The first-order valence-electron chi connectivity index (χ1n) is 13.3. The van der Waals surface area contributed by atoms with Gasteiger partial charge in [-0.25, -0.2) is 5.01 Å². The Balaban J connectivity index is 1.73. The van der Waals surface area contributed by atoms with Crippen molar-refractivity contribution in [3.8, 4) is 0 Å². The van der Waals surface area contributed by atoms with Crippen LogP contribution >= 0.6 is 11.8 Å². The quantitative estimate of drug-likeness (QED) is 0.333. The molecular weight excluding hydrogens is 488 g/mol. The highest BCUT2D eigenvalue weighted by Gasteiger charge is 2.31. The molecule has 0 aliphatic heterocycles. The number of carbonyl (C=O) groups excluding carboxylic acids is 3. The lowest BCUT2D eigenvalue weighted by Crippen LogP contribution is -2.57. The van der Waals surface area contributed by atoms with Crippen LogP contribution in [0, 0.1) is 5.92 Å². The number of hydrazine groups is 1. The number of amides is 2. The van der Waals surface area contributed by atoms with Crippen LogP contribution in [-0.2, 0) is 31.3 Å². The minimum atomic E-state index is -0.815. The standard InChI is InChI=1S/C29H40N2O5S/c1-22(2)15-16-29(34)31(30-28(33)19-36-24-12-7-4-8-13-24)26(18-23-10-5-3-6-11-23)27(32)21-37-20-25-14-9-17-35-25/h3,5-6,9-11,14,17,22,24,26H,4,7-8,12-13,15-16,18-21H2,1-2H3,(H,30,33)/t26-/m0/s1. The number of Topliss-reactive ketones (excluding diaryl/α,β-unsaturated/α-hetero) is 1. The summed E-state index contributed by atoms with van der Waals surface area (Å²) in [6, 6.07) is 12.5. The first-order chi connectivity index (χ1) is 17.9. The maximum absolute atomic E-state index is 13.5. The van der Waals surface area contributed by atoms with E-state index in [1.165, 1.54) is 23.2 Å². The second-order valence-corrected chi connectivity index (χ2v) is 11.0. The Labute approximate surface area is 224 Å². The number of nitrogens with one attached hydrogen (secondary N) is 1. The van der Waals surface area contributed by atoms with Crippen molar-refractivity contribution >= 4 is 29.4 Å². The summed E-state index contributed by atoms with van der Waals surface area (Å²) in [6.45, 7) is 3.97. The van der Waals surface area contributed by atoms with Crippen LogP contribution in [0.1, 0.15) is 70.1 Å². The highest BCUT2D eigenvalue weighted by atomic mass is 32.2. The Hall–Kier alpha value is -2.58. The molecule has 0 spiro atoms. The Kier molecular flexibility index (Phi) is 12.2. The van der Waals surface area contributed by atoms with Gasteiger partial charge in [-0.05, 0) is 42.9 Å². The third-order valence-corrected chi connectivity index (χ3v) is 7.45. The van der Waals surface area contributed by atoms with Crippen LogP contribution in [0.2, 0.25) is 0 Å². The molecule has 0 radical (unpaired) electrons. The molecule has 37 heavy (non-hydrogen) atoms. The smallest absolute Gasteiger partial charge is 0.264 e. The Morgan fingerprint density at radius 3 is 2.51 bits per heavy atom. The van der Waals surface area contributed by atoms with E-state index >= 15 is 0 Å². The second-order valence-electron chi connectivity index (χ2n) is 10.0. The zero-order valence-corrected chi connectivity index (χ0v) is 22.8. The summed E-state index contributed by atoms with van der Waals surface area (Å²) in [4.78, 5) is 39.8. The fraction of sp³-hybridized carbons (Fsp3) is 0.552. The van der Waals surface area contributed by atoms with Crippen LogP contribution in [-0.4, -0.2) is 47.1 Å². The molecule has 1 aromatic carbocycles. The molecule has 1 heterocycles. The van der Waals surface area contributed by atoms with Crippen molar-refractivity contribution in [3.05, 3.63) is 60.1 Å². The van der Waals surface area contributed by atoms with Crippen LogP contribution in [0.3, 0.4) is 0 Å². The van der Waals surface area contributed by atoms with E-state index in [-0.39, 0.29) is 36.6 Å². The second kappa shape index (κ2) is 15.6. The monoisotopic (exact) mass is 528 g/mol. The number of rotatable bonds is 14. The number of hydrogen-bond acceptors (Lipinski definition) is 6. The van der Waals surface area contributed by atoms with E-state index in [0.717, 1.165) is 37.0 Å². The maximum Gasteiger partial charge on any atom is 0.264 e. The van der Waals surface area contributed by atoms with Crippen molar-refractivity contribution in [2.75, 3.05) is 12.4 Å². The van der Waals surface area contributed by atoms with Gasteiger partial charge < -0.3 is 9.15 Å². The lowest BCUT2D eigenvalue weighted by atomic mass is 9.98. The highest BCUT2D eigenvalue weighted by molar-refractivity contribution is 7.99. The molecule has 2 amide bonds.